The number of morpholine rings is 1. The van der Waals surface area contributed by atoms with E-state index in [1.54, 1.807) is 0 Å². The second-order valence-electron chi connectivity index (χ2n) is 4.76. The lowest BCUT2D eigenvalue weighted by molar-refractivity contribution is 0.0722. The van der Waals surface area contributed by atoms with Crippen molar-refractivity contribution in [1.29, 1.82) is 0 Å². The topological polar surface area (TPSA) is 88.9 Å². The zero-order chi connectivity index (χ0) is 14.8. The summed E-state index contributed by atoms with van der Waals surface area (Å²) in [6.07, 6.45) is 0. The van der Waals surface area contributed by atoms with Crippen LogP contribution in [0.5, 0.6) is 0 Å². The highest BCUT2D eigenvalue weighted by molar-refractivity contribution is 7.89. The largest absolute Gasteiger partial charge is 0.438 e. The predicted octanol–water partition coefficient (Wildman–Crippen LogP) is 0.439. The Kier molecular flexibility index (Phi) is 4.46. The molecular formula is C12H18N2O5S. The Bertz CT molecular complexity index is 572. The molecule has 0 atom stereocenters. The number of hydrogen-bond acceptors (Lipinski definition) is 5. The average Bonchev–Trinajstić information content (AvgIpc) is 2.89. The van der Waals surface area contributed by atoms with Gasteiger partial charge in [0.15, 0.2) is 5.76 Å². The van der Waals surface area contributed by atoms with Gasteiger partial charge in [0.2, 0.25) is 5.09 Å². The van der Waals surface area contributed by atoms with Gasteiger partial charge < -0.3 is 14.5 Å². The fourth-order valence-electron chi connectivity index (χ4n) is 1.83. The van der Waals surface area contributed by atoms with Crippen molar-refractivity contribution in [3.63, 3.8) is 0 Å². The summed E-state index contributed by atoms with van der Waals surface area (Å²) in [5.41, 5.74) is 0. The number of furan rings is 1. The average molecular weight is 302 g/mol. The molecular weight excluding hydrogens is 284 g/mol. The third-order valence-electron chi connectivity index (χ3n) is 2.79. The summed E-state index contributed by atoms with van der Waals surface area (Å²) in [4.78, 5) is 11.7. The molecule has 2 heterocycles. The van der Waals surface area contributed by atoms with Gasteiger partial charge >= 0.3 is 0 Å². The number of carbonyl (C=O) groups excluding carboxylic acids is 1. The number of sulfonamides is 1. The third-order valence-corrected chi connectivity index (χ3v) is 4.56. The van der Waals surface area contributed by atoms with E-state index in [0.717, 1.165) is 0 Å². The second-order valence-corrected chi connectivity index (χ2v) is 6.63. The lowest BCUT2D eigenvalue weighted by Crippen LogP contribution is -2.40. The van der Waals surface area contributed by atoms with Gasteiger partial charge in [-0.05, 0) is 26.0 Å². The highest BCUT2D eigenvalue weighted by atomic mass is 32.2. The van der Waals surface area contributed by atoms with Crippen LogP contribution in [0, 0.1) is 0 Å². The molecule has 0 aliphatic carbocycles. The maximum atomic E-state index is 12.3. The summed E-state index contributed by atoms with van der Waals surface area (Å²) in [5.74, 6) is -0.436. The van der Waals surface area contributed by atoms with Gasteiger partial charge in [-0.25, -0.2) is 8.42 Å². The first-order valence-corrected chi connectivity index (χ1v) is 7.84. The van der Waals surface area contributed by atoms with E-state index in [1.165, 1.54) is 16.4 Å². The summed E-state index contributed by atoms with van der Waals surface area (Å²) >= 11 is 0. The number of ether oxygens (including phenoxy) is 1. The molecule has 1 aliphatic rings. The number of hydrogen-bond donors (Lipinski definition) is 1. The highest BCUT2D eigenvalue weighted by Gasteiger charge is 2.30. The van der Waals surface area contributed by atoms with Crippen LogP contribution in [0.15, 0.2) is 21.6 Å². The molecule has 1 saturated heterocycles. The smallest absolute Gasteiger partial charge is 0.287 e. The van der Waals surface area contributed by atoms with Crippen LogP contribution in [0.2, 0.25) is 0 Å². The summed E-state index contributed by atoms with van der Waals surface area (Å²) in [6.45, 7) is 4.92. The fourth-order valence-corrected chi connectivity index (χ4v) is 3.15. The van der Waals surface area contributed by atoms with Crippen LogP contribution in [0.25, 0.3) is 0 Å². The second kappa shape index (κ2) is 5.94. The number of nitrogens with one attached hydrogen (secondary N) is 1. The molecule has 2 rings (SSSR count). The van der Waals surface area contributed by atoms with Crippen LogP contribution in [-0.2, 0) is 14.8 Å². The Morgan fingerprint density at radius 1 is 1.30 bits per heavy atom. The van der Waals surface area contributed by atoms with Crippen molar-refractivity contribution in [1.82, 2.24) is 9.62 Å². The maximum absolute atomic E-state index is 12.3. The molecule has 0 unspecified atom stereocenters. The fraction of sp³-hybridized carbons (Fsp3) is 0.583. The third kappa shape index (κ3) is 3.20. The first-order chi connectivity index (χ1) is 9.41. The molecule has 0 radical (unpaired) electrons. The van der Waals surface area contributed by atoms with Gasteiger partial charge in [0.05, 0.1) is 13.2 Å². The van der Waals surface area contributed by atoms with Crippen LogP contribution in [-0.4, -0.2) is 51.0 Å². The summed E-state index contributed by atoms with van der Waals surface area (Å²) in [6, 6.07) is 2.62. The van der Waals surface area contributed by atoms with Crippen molar-refractivity contribution in [2.75, 3.05) is 26.3 Å². The first kappa shape index (κ1) is 15.0. The molecule has 1 N–H and O–H groups in total. The monoisotopic (exact) mass is 302 g/mol. The number of nitrogens with zero attached hydrogens (tertiary/aromatic N) is 1. The van der Waals surface area contributed by atoms with E-state index in [0.29, 0.717) is 13.2 Å². The van der Waals surface area contributed by atoms with Crippen LogP contribution in [0.3, 0.4) is 0 Å². The summed E-state index contributed by atoms with van der Waals surface area (Å²) in [5, 5.41) is 2.43. The minimum atomic E-state index is -3.70. The van der Waals surface area contributed by atoms with E-state index in [2.05, 4.69) is 5.32 Å². The van der Waals surface area contributed by atoms with Gasteiger partial charge in [0.1, 0.15) is 0 Å². The zero-order valence-corrected chi connectivity index (χ0v) is 12.3. The number of rotatable bonds is 4. The molecule has 1 amide bonds. The Morgan fingerprint density at radius 3 is 2.55 bits per heavy atom. The predicted molar refractivity (Wildman–Crippen MR) is 70.9 cm³/mol. The Hall–Kier alpha value is -1.38. The van der Waals surface area contributed by atoms with E-state index >= 15 is 0 Å². The maximum Gasteiger partial charge on any atom is 0.287 e. The minimum absolute atomic E-state index is 0.00876. The van der Waals surface area contributed by atoms with Crippen molar-refractivity contribution < 1.29 is 22.4 Å². The number of carbonyl (C=O) groups is 1. The van der Waals surface area contributed by atoms with Gasteiger partial charge in [-0.15, -0.1) is 0 Å². The van der Waals surface area contributed by atoms with E-state index in [-0.39, 0.29) is 30.0 Å². The van der Waals surface area contributed by atoms with E-state index in [4.69, 9.17) is 9.15 Å². The molecule has 0 bridgehead atoms. The van der Waals surface area contributed by atoms with Gasteiger partial charge in [-0.2, -0.15) is 4.31 Å². The molecule has 112 valence electrons. The molecule has 1 aliphatic heterocycles. The summed E-state index contributed by atoms with van der Waals surface area (Å²) in [7, 11) is -3.70. The van der Waals surface area contributed by atoms with Crippen molar-refractivity contribution in [2.24, 2.45) is 0 Å². The van der Waals surface area contributed by atoms with Crippen molar-refractivity contribution in [3.8, 4) is 0 Å². The normalized spacial score (nSPS) is 17.4. The van der Waals surface area contributed by atoms with E-state index < -0.39 is 15.9 Å². The first-order valence-electron chi connectivity index (χ1n) is 6.40. The molecule has 1 fully saturated rings. The van der Waals surface area contributed by atoms with Crippen LogP contribution >= 0.6 is 0 Å². The Morgan fingerprint density at radius 2 is 1.95 bits per heavy atom. The molecule has 20 heavy (non-hydrogen) atoms. The zero-order valence-electron chi connectivity index (χ0n) is 11.5. The molecule has 1 aromatic rings. The Balaban J connectivity index is 2.17. The van der Waals surface area contributed by atoms with Crippen LogP contribution in [0.4, 0.5) is 0 Å². The van der Waals surface area contributed by atoms with Crippen molar-refractivity contribution in [3.05, 3.63) is 17.9 Å². The molecule has 0 saturated carbocycles. The van der Waals surface area contributed by atoms with Crippen LogP contribution < -0.4 is 5.32 Å². The van der Waals surface area contributed by atoms with Gasteiger partial charge in [0, 0.05) is 19.1 Å². The van der Waals surface area contributed by atoms with Gasteiger partial charge in [0.25, 0.3) is 15.9 Å². The van der Waals surface area contributed by atoms with Gasteiger partial charge in [-0.3, -0.25) is 4.79 Å². The lowest BCUT2D eigenvalue weighted by atomic mass is 10.3. The van der Waals surface area contributed by atoms with Crippen molar-refractivity contribution >= 4 is 15.9 Å². The standard InChI is InChI=1S/C12H18N2O5S/c1-9(2)13-12(15)10-3-4-11(19-10)20(16,17)14-5-7-18-8-6-14/h3-4,9H,5-8H2,1-2H3,(H,13,15). The summed E-state index contributed by atoms with van der Waals surface area (Å²) < 4.78 is 36.2. The molecule has 1 aromatic heterocycles. The molecule has 8 heteroatoms. The molecule has 0 aromatic carbocycles. The molecule has 0 spiro atoms. The SMILES string of the molecule is CC(C)NC(=O)c1ccc(S(=O)(=O)N2CCOCC2)o1. The molecule has 7 nitrogen and oxygen atoms in total. The quantitative estimate of drug-likeness (QED) is 0.871. The Labute approximate surface area is 117 Å². The highest BCUT2D eigenvalue weighted by Crippen LogP contribution is 2.19. The lowest BCUT2D eigenvalue weighted by Gasteiger charge is -2.24. The van der Waals surface area contributed by atoms with Crippen LogP contribution in [0.1, 0.15) is 24.4 Å². The van der Waals surface area contributed by atoms with E-state index in [1.807, 2.05) is 13.8 Å². The van der Waals surface area contributed by atoms with Crippen molar-refractivity contribution in [2.45, 2.75) is 25.0 Å². The minimum Gasteiger partial charge on any atom is -0.438 e. The number of amides is 1. The van der Waals surface area contributed by atoms with Gasteiger partial charge in [-0.1, -0.05) is 0 Å². The van der Waals surface area contributed by atoms with E-state index in [9.17, 15) is 13.2 Å².